The summed E-state index contributed by atoms with van der Waals surface area (Å²) in [5.41, 5.74) is 1.56. The van der Waals surface area contributed by atoms with Gasteiger partial charge < -0.3 is 5.32 Å². The predicted octanol–water partition coefficient (Wildman–Crippen LogP) is 1.84. The molecule has 2 N–H and O–H groups in total. The Kier molecular flexibility index (Phi) is 4.20. The highest BCUT2D eigenvalue weighted by atomic mass is 16.1. The Hall–Kier alpha value is -3.02. The van der Waals surface area contributed by atoms with Gasteiger partial charge >= 0.3 is 0 Å². The van der Waals surface area contributed by atoms with Gasteiger partial charge in [0.2, 0.25) is 0 Å². The molecule has 0 radical (unpaired) electrons. The molecule has 0 spiro atoms. The first-order valence-electron chi connectivity index (χ1n) is 6.98. The molecule has 0 aliphatic heterocycles. The maximum Gasteiger partial charge on any atom is 0.251 e. The first kappa shape index (κ1) is 13.9. The SMILES string of the molecule is O=C(NCCc1nc(-c2ccccc2)n[nH]1)c1ccncc1. The van der Waals surface area contributed by atoms with Crippen LogP contribution in [0.25, 0.3) is 11.4 Å². The number of amides is 1. The van der Waals surface area contributed by atoms with Crippen LogP contribution in [0.1, 0.15) is 16.2 Å². The molecule has 0 aliphatic carbocycles. The molecule has 3 rings (SSSR count). The predicted molar refractivity (Wildman–Crippen MR) is 82.1 cm³/mol. The van der Waals surface area contributed by atoms with Gasteiger partial charge in [0.1, 0.15) is 5.82 Å². The Balaban J connectivity index is 1.55. The molecule has 0 atom stereocenters. The van der Waals surface area contributed by atoms with Gasteiger partial charge in [-0.05, 0) is 12.1 Å². The Bertz CT molecular complexity index is 739. The average Bonchev–Trinajstić information content (AvgIpc) is 3.05. The van der Waals surface area contributed by atoms with Crippen LogP contribution in [0.4, 0.5) is 0 Å². The van der Waals surface area contributed by atoms with E-state index in [1.165, 1.54) is 0 Å². The van der Waals surface area contributed by atoms with E-state index < -0.39 is 0 Å². The molecular weight excluding hydrogens is 278 g/mol. The van der Waals surface area contributed by atoms with Crippen LogP contribution in [0.3, 0.4) is 0 Å². The van der Waals surface area contributed by atoms with Crippen LogP contribution in [0.15, 0.2) is 54.9 Å². The van der Waals surface area contributed by atoms with E-state index in [0.717, 1.165) is 11.4 Å². The van der Waals surface area contributed by atoms with Gasteiger partial charge in [0.25, 0.3) is 5.91 Å². The normalized spacial score (nSPS) is 10.4. The van der Waals surface area contributed by atoms with Gasteiger partial charge in [-0.1, -0.05) is 30.3 Å². The van der Waals surface area contributed by atoms with E-state index in [-0.39, 0.29) is 5.91 Å². The van der Waals surface area contributed by atoms with E-state index in [2.05, 4.69) is 25.5 Å². The molecule has 0 bridgehead atoms. The number of carbonyl (C=O) groups excluding carboxylic acids is 1. The molecule has 0 saturated carbocycles. The zero-order valence-electron chi connectivity index (χ0n) is 11.9. The van der Waals surface area contributed by atoms with E-state index in [1.807, 2.05) is 30.3 Å². The van der Waals surface area contributed by atoms with E-state index in [4.69, 9.17) is 0 Å². The zero-order valence-corrected chi connectivity index (χ0v) is 11.9. The second-order valence-electron chi connectivity index (χ2n) is 4.71. The molecule has 0 aliphatic rings. The van der Waals surface area contributed by atoms with Crippen molar-refractivity contribution in [3.8, 4) is 11.4 Å². The number of pyridine rings is 1. The standard InChI is InChI=1S/C16H15N5O/c22-16(13-6-9-17-10-7-13)18-11-8-14-19-15(21-20-14)12-4-2-1-3-5-12/h1-7,9-10H,8,11H2,(H,18,22)(H,19,20,21). The number of H-pyrrole nitrogens is 1. The molecule has 2 heterocycles. The van der Waals surface area contributed by atoms with Crippen molar-refractivity contribution in [2.24, 2.45) is 0 Å². The van der Waals surface area contributed by atoms with Crippen LogP contribution < -0.4 is 5.32 Å². The van der Waals surface area contributed by atoms with Crippen molar-refractivity contribution in [1.29, 1.82) is 0 Å². The fourth-order valence-corrected chi connectivity index (χ4v) is 2.02. The van der Waals surface area contributed by atoms with E-state index in [9.17, 15) is 4.79 Å². The number of carbonyl (C=O) groups is 1. The first-order valence-corrected chi connectivity index (χ1v) is 6.98. The number of aromatic amines is 1. The summed E-state index contributed by atoms with van der Waals surface area (Å²) in [4.78, 5) is 20.2. The molecule has 0 saturated heterocycles. The fraction of sp³-hybridized carbons (Fsp3) is 0.125. The molecule has 1 amide bonds. The minimum Gasteiger partial charge on any atom is -0.352 e. The average molecular weight is 293 g/mol. The number of benzene rings is 1. The molecule has 110 valence electrons. The number of rotatable bonds is 5. The van der Waals surface area contributed by atoms with Gasteiger partial charge in [0.15, 0.2) is 5.82 Å². The molecule has 0 unspecified atom stereocenters. The molecule has 2 aromatic heterocycles. The largest absolute Gasteiger partial charge is 0.352 e. The lowest BCUT2D eigenvalue weighted by Crippen LogP contribution is -2.25. The third kappa shape index (κ3) is 3.35. The smallest absolute Gasteiger partial charge is 0.251 e. The summed E-state index contributed by atoms with van der Waals surface area (Å²) in [6.07, 6.45) is 3.78. The van der Waals surface area contributed by atoms with Crippen molar-refractivity contribution < 1.29 is 4.79 Å². The van der Waals surface area contributed by atoms with Crippen LogP contribution in [0.2, 0.25) is 0 Å². The van der Waals surface area contributed by atoms with Gasteiger partial charge in [0.05, 0.1) is 0 Å². The molecule has 3 aromatic rings. The van der Waals surface area contributed by atoms with Crippen LogP contribution >= 0.6 is 0 Å². The Morgan fingerprint density at radius 1 is 1.09 bits per heavy atom. The minimum absolute atomic E-state index is 0.120. The number of nitrogens with one attached hydrogen (secondary N) is 2. The van der Waals surface area contributed by atoms with E-state index >= 15 is 0 Å². The number of hydrogen-bond donors (Lipinski definition) is 2. The van der Waals surface area contributed by atoms with Crippen molar-refractivity contribution in [3.63, 3.8) is 0 Å². The topological polar surface area (TPSA) is 83.6 Å². The summed E-state index contributed by atoms with van der Waals surface area (Å²) in [7, 11) is 0. The molecular formula is C16H15N5O. The van der Waals surface area contributed by atoms with Crippen molar-refractivity contribution in [2.45, 2.75) is 6.42 Å². The summed E-state index contributed by atoms with van der Waals surface area (Å²) in [5.74, 6) is 1.29. The molecule has 6 heteroatoms. The third-order valence-corrected chi connectivity index (χ3v) is 3.15. The molecule has 0 fully saturated rings. The Morgan fingerprint density at radius 3 is 2.64 bits per heavy atom. The molecule has 1 aromatic carbocycles. The lowest BCUT2D eigenvalue weighted by atomic mass is 10.2. The molecule has 6 nitrogen and oxygen atoms in total. The van der Waals surface area contributed by atoms with Gasteiger partial charge in [0, 0.05) is 36.5 Å². The summed E-state index contributed by atoms with van der Waals surface area (Å²) >= 11 is 0. The number of aromatic nitrogens is 4. The minimum atomic E-state index is -0.120. The highest BCUT2D eigenvalue weighted by molar-refractivity contribution is 5.93. The second-order valence-corrected chi connectivity index (χ2v) is 4.71. The number of hydrogen-bond acceptors (Lipinski definition) is 4. The van der Waals surface area contributed by atoms with Gasteiger partial charge in [-0.25, -0.2) is 4.98 Å². The van der Waals surface area contributed by atoms with Crippen molar-refractivity contribution in [2.75, 3.05) is 6.54 Å². The third-order valence-electron chi connectivity index (χ3n) is 3.15. The summed E-state index contributed by atoms with van der Waals surface area (Å²) in [6, 6.07) is 13.1. The maximum absolute atomic E-state index is 11.9. The zero-order chi connectivity index (χ0) is 15.2. The van der Waals surface area contributed by atoms with Crippen LogP contribution in [0, 0.1) is 0 Å². The molecule has 22 heavy (non-hydrogen) atoms. The number of nitrogens with zero attached hydrogens (tertiary/aromatic N) is 3. The van der Waals surface area contributed by atoms with Gasteiger partial charge in [-0.15, -0.1) is 0 Å². The highest BCUT2D eigenvalue weighted by Crippen LogP contribution is 2.13. The van der Waals surface area contributed by atoms with Crippen molar-refractivity contribution in [1.82, 2.24) is 25.5 Å². The quantitative estimate of drug-likeness (QED) is 0.752. The second kappa shape index (κ2) is 6.62. The maximum atomic E-state index is 11.9. The fourth-order valence-electron chi connectivity index (χ4n) is 2.02. The van der Waals surface area contributed by atoms with E-state index in [1.54, 1.807) is 24.5 Å². The van der Waals surface area contributed by atoms with Crippen LogP contribution in [-0.2, 0) is 6.42 Å². The summed E-state index contributed by atoms with van der Waals surface area (Å²) in [6.45, 7) is 0.491. The Labute approximate surface area is 127 Å². The Morgan fingerprint density at radius 2 is 1.86 bits per heavy atom. The highest BCUT2D eigenvalue weighted by Gasteiger charge is 2.07. The first-order chi connectivity index (χ1) is 10.8. The lowest BCUT2D eigenvalue weighted by Gasteiger charge is -2.03. The van der Waals surface area contributed by atoms with Gasteiger partial charge in [-0.3, -0.25) is 14.9 Å². The summed E-state index contributed by atoms with van der Waals surface area (Å²) < 4.78 is 0. The van der Waals surface area contributed by atoms with Crippen LogP contribution in [0.5, 0.6) is 0 Å². The summed E-state index contributed by atoms with van der Waals surface area (Å²) in [5, 5.41) is 9.92. The lowest BCUT2D eigenvalue weighted by molar-refractivity contribution is 0.0954. The van der Waals surface area contributed by atoms with Crippen molar-refractivity contribution in [3.05, 3.63) is 66.2 Å². The van der Waals surface area contributed by atoms with E-state index in [0.29, 0.717) is 24.4 Å². The van der Waals surface area contributed by atoms with Crippen molar-refractivity contribution >= 4 is 5.91 Å². The van der Waals surface area contributed by atoms with Gasteiger partial charge in [-0.2, -0.15) is 5.10 Å². The van der Waals surface area contributed by atoms with Crippen LogP contribution in [-0.4, -0.2) is 32.6 Å². The monoisotopic (exact) mass is 293 g/mol.